The van der Waals surface area contributed by atoms with Gasteiger partial charge in [-0.1, -0.05) is 0 Å². The Hall–Kier alpha value is -0.210. The van der Waals surface area contributed by atoms with Gasteiger partial charge in [0.05, 0.1) is 6.61 Å². The first-order chi connectivity index (χ1) is 3.39. The standard InChI is InChI=1S/C5H9O2/c6-5-2-1-3-7-4-5/h4-6H,1-3H2/q+1/t5-/m1/s1. The van der Waals surface area contributed by atoms with Crippen molar-refractivity contribution in [1.29, 1.82) is 0 Å². The highest BCUT2D eigenvalue weighted by Crippen LogP contribution is 2.07. The quantitative estimate of drug-likeness (QED) is 0.445. The lowest BCUT2D eigenvalue weighted by Gasteiger charge is -2.05. The van der Waals surface area contributed by atoms with Crippen LogP contribution in [-0.2, 0) is 4.74 Å². The second kappa shape index (κ2) is 2.19. The van der Waals surface area contributed by atoms with E-state index in [4.69, 9.17) is 9.84 Å². The molecule has 40 valence electrons. The topological polar surface area (TPSA) is 29.5 Å². The van der Waals surface area contributed by atoms with E-state index in [1.165, 1.54) is 6.61 Å². The Balaban J connectivity index is 2.12. The first kappa shape index (κ1) is 4.94. The predicted molar refractivity (Wildman–Crippen MR) is 25.5 cm³/mol. The molecular formula is C5H9O2+. The molecule has 0 spiro atoms. The van der Waals surface area contributed by atoms with Gasteiger partial charge in [-0.15, -0.1) is 0 Å². The van der Waals surface area contributed by atoms with Crippen LogP contribution in [0.2, 0.25) is 0 Å². The molecule has 1 aliphatic rings. The first-order valence-electron chi connectivity index (χ1n) is 2.52. The third-order valence-corrected chi connectivity index (χ3v) is 1.02. The summed E-state index contributed by atoms with van der Waals surface area (Å²) in [6, 6.07) is 0. The molecule has 0 aliphatic carbocycles. The number of ether oxygens (including phenoxy) is 1. The molecule has 0 aromatic carbocycles. The van der Waals surface area contributed by atoms with Crippen LogP contribution in [0.3, 0.4) is 0 Å². The zero-order chi connectivity index (χ0) is 5.11. The number of rotatable bonds is 0. The van der Waals surface area contributed by atoms with Crippen LogP contribution in [-0.4, -0.2) is 17.8 Å². The monoisotopic (exact) mass is 101 g/mol. The van der Waals surface area contributed by atoms with Crippen molar-refractivity contribution >= 4 is 0 Å². The maximum Gasteiger partial charge on any atom is 0.257 e. The molecule has 0 amide bonds. The van der Waals surface area contributed by atoms with E-state index < -0.39 is 0 Å². The average molecular weight is 101 g/mol. The van der Waals surface area contributed by atoms with Crippen LogP contribution in [0.15, 0.2) is 0 Å². The predicted octanol–water partition coefficient (Wildman–Crippen LogP) is 0.319. The van der Waals surface area contributed by atoms with Crippen LogP contribution < -0.4 is 0 Å². The third-order valence-electron chi connectivity index (χ3n) is 1.02. The molecular weight excluding hydrogens is 92.1 g/mol. The van der Waals surface area contributed by atoms with Gasteiger partial charge in [0.25, 0.3) is 6.61 Å². The van der Waals surface area contributed by atoms with E-state index in [0.717, 1.165) is 19.4 Å². The molecule has 1 aliphatic heterocycles. The van der Waals surface area contributed by atoms with Gasteiger partial charge < -0.3 is 5.11 Å². The Morgan fingerprint density at radius 3 is 2.86 bits per heavy atom. The van der Waals surface area contributed by atoms with Crippen molar-refractivity contribution in [2.45, 2.75) is 18.9 Å². The molecule has 1 fully saturated rings. The van der Waals surface area contributed by atoms with Crippen LogP contribution in [0.25, 0.3) is 0 Å². The number of aliphatic hydroxyl groups is 1. The smallest absolute Gasteiger partial charge is 0.257 e. The van der Waals surface area contributed by atoms with Crippen molar-refractivity contribution in [2.75, 3.05) is 6.61 Å². The molecule has 0 radical (unpaired) electrons. The van der Waals surface area contributed by atoms with E-state index in [0.29, 0.717) is 0 Å². The van der Waals surface area contributed by atoms with Crippen LogP contribution in [0.4, 0.5) is 0 Å². The van der Waals surface area contributed by atoms with Crippen LogP contribution >= 0.6 is 0 Å². The zero-order valence-corrected chi connectivity index (χ0v) is 4.13. The molecule has 1 rings (SSSR count). The highest BCUT2D eigenvalue weighted by molar-refractivity contribution is 4.69. The van der Waals surface area contributed by atoms with Crippen molar-refractivity contribution < 1.29 is 9.84 Å². The molecule has 0 unspecified atom stereocenters. The molecule has 0 bridgehead atoms. The van der Waals surface area contributed by atoms with Gasteiger partial charge in [0.1, 0.15) is 0 Å². The summed E-state index contributed by atoms with van der Waals surface area (Å²) in [5, 5.41) is 8.73. The number of hydrogen-bond acceptors (Lipinski definition) is 2. The summed E-state index contributed by atoms with van der Waals surface area (Å²) in [7, 11) is 0. The molecule has 0 saturated carbocycles. The van der Waals surface area contributed by atoms with Crippen LogP contribution in [0.1, 0.15) is 12.8 Å². The highest BCUT2D eigenvalue weighted by atomic mass is 16.5. The normalized spacial score (nSPS) is 31.9. The van der Waals surface area contributed by atoms with Gasteiger partial charge in [0.15, 0.2) is 0 Å². The van der Waals surface area contributed by atoms with E-state index >= 15 is 0 Å². The molecule has 7 heavy (non-hydrogen) atoms. The van der Waals surface area contributed by atoms with Gasteiger partial charge in [0, 0.05) is 6.42 Å². The summed E-state index contributed by atoms with van der Waals surface area (Å²) < 4.78 is 4.81. The molecule has 1 atom stereocenters. The van der Waals surface area contributed by atoms with Gasteiger partial charge in [0.2, 0.25) is 6.10 Å². The second-order valence-electron chi connectivity index (χ2n) is 1.72. The number of hydrogen-bond donors (Lipinski definition) is 1. The van der Waals surface area contributed by atoms with E-state index in [2.05, 4.69) is 0 Å². The molecule has 2 heteroatoms. The van der Waals surface area contributed by atoms with Crippen molar-refractivity contribution in [3.05, 3.63) is 6.61 Å². The fraction of sp³-hybridized carbons (Fsp3) is 0.800. The molecule has 0 aromatic rings. The lowest BCUT2D eigenvalue weighted by Crippen LogP contribution is -2.16. The van der Waals surface area contributed by atoms with Crippen LogP contribution in [0.5, 0.6) is 0 Å². The van der Waals surface area contributed by atoms with Crippen molar-refractivity contribution in [2.24, 2.45) is 0 Å². The average Bonchev–Trinajstić information content (AvgIpc) is 1.69. The third kappa shape index (κ3) is 1.37. The molecule has 2 nitrogen and oxygen atoms in total. The Labute approximate surface area is 43.1 Å². The lowest BCUT2D eigenvalue weighted by atomic mass is 10.2. The summed E-state index contributed by atoms with van der Waals surface area (Å²) in [6.45, 7) is 2.26. The van der Waals surface area contributed by atoms with E-state index in [-0.39, 0.29) is 6.10 Å². The largest absolute Gasteiger partial charge is 0.351 e. The van der Waals surface area contributed by atoms with Gasteiger partial charge in [-0.25, -0.2) is 0 Å². The van der Waals surface area contributed by atoms with Crippen LogP contribution in [0, 0.1) is 6.61 Å². The van der Waals surface area contributed by atoms with Crippen molar-refractivity contribution in [3.8, 4) is 0 Å². The maximum atomic E-state index is 8.73. The van der Waals surface area contributed by atoms with Gasteiger partial charge in [-0.3, -0.25) is 0 Å². The van der Waals surface area contributed by atoms with Crippen molar-refractivity contribution in [3.63, 3.8) is 0 Å². The molecule has 1 heterocycles. The van der Waals surface area contributed by atoms with Crippen molar-refractivity contribution in [1.82, 2.24) is 0 Å². The summed E-state index contributed by atoms with van der Waals surface area (Å²) in [6.07, 6.45) is 1.53. The highest BCUT2D eigenvalue weighted by Gasteiger charge is 2.19. The Kier molecular flexibility index (Phi) is 1.54. The Bertz CT molecular complexity index is 48.0. The second-order valence-corrected chi connectivity index (χ2v) is 1.72. The van der Waals surface area contributed by atoms with E-state index in [1.54, 1.807) is 0 Å². The fourth-order valence-electron chi connectivity index (χ4n) is 0.623. The minimum absolute atomic E-state index is 0.311. The Morgan fingerprint density at radius 2 is 2.57 bits per heavy atom. The molecule has 1 N–H and O–H groups in total. The summed E-state index contributed by atoms with van der Waals surface area (Å²) >= 11 is 0. The molecule has 0 aromatic heterocycles. The minimum atomic E-state index is -0.311. The lowest BCUT2D eigenvalue weighted by molar-refractivity contribution is 0.0458. The number of aliphatic hydroxyl groups excluding tert-OH is 1. The maximum absolute atomic E-state index is 8.73. The van der Waals surface area contributed by atoms with E-state index in [1.807, 2.05) is 0 Å². The zero-order valence-electron chi connectivity index (χ0n) is 4.13. The SMILES string of the molecule is O[C@H]1[CH+]OCCC1. The molecule has 1 saturated heterocycles. The fourth-order valence-corrected chi connectivity index (χ4v) is 0.623. The van der Waals surface area contributed by atoms with Gasteiger partial charge in [-0.2, -0.15) is 4.74 Å². The van der Waals surface area contributed by atoms with Gasteiger partial charge in [-0.05, 0) is 6.42 Å². The summed E-state index contributed by atoms with van der Waals surface area (Å²) in [4.78, 5) is 0. The van der Waals surface area contributed by atoms with Gasteiger partial charge >= 0.3 is 0 Å². The summed E-state index contributed by atoms with van der Waals surface area (Å²) in [5.41, 5.74) is 0. The Morgan fingerprint density at radius 1 is 1.71 bits per heavy atom. The minimum Gasteiger partial charge on any atom is -0.351 e. The summed E-state index contributed by atoms with van der Waals surface area (Å²) in [5.74, 6) is 0. The van der Waals surface area contributed by atoms with E-state index in [9.17, 15) is 0 Å². The first-order valence-corrected chi connectivity index (χ1v) is 2.52.